The van der Waals surface area contributed by atoms with Crippen LogP contribution in [0.1, 0.15) is 16.3 Å². The molecule has 0 atom stereocenters. The predicted octanol–water partition coefficient (Wildman–Crippen LogP) is 3.50. The molecule has 21 heavy (non-hydrogen) atoms. The van der Waals surface area contributed by atoms with Crippen molar-refractivity contribution < 1.29 is 0 Å². The van der Waals surface area contributed by atoms with Gasteiger partial charge in [-0.05, 0) is 32.0 Å². The number of hydrogen-bond acceptors (Lipinski definition) is 4. The predicted molar refractivity (Wildman–Crippen MR) is 86.0 cm³/mol. The van der Waals surface area contributed by atoms with E-state index < -0.39 is 0 Å². The lowest BCUT2D eigenvalue weighted by atomic mass is 10.2. The molecule has 0 saturated heterocycles. The second-order valence-corrected chi connectivity index (χ2v) is 6.38. The van der Waals surface area contributed by atoms with Gasteiger partial charge in [-0.1, -0.05) is 0 Å². The van der Waals surface area contributed by atoms with Gasteiger partial charge in [-0.25, -0.2) is 4.98 Å². The van der Waals surface area contributed by atoms with Crippen molar-refractivity contribution in [1.82, 2.24) is 19.6 Å². The first-order valence-corrected chi connectivity index (χ1v) is 7.63. The summed E-state index contributed by atoms with van der Waals surface area (Å²) in [6.07, 6.45) is 3.99. The number of H-pyrrole nitrogens is 1. The summed E-state index contributed by atoms with van der Waals surface area (Å²) in [6.45, 7) is 4.93. The molecule has 0 bridgehead atoms. The van der Waals surface area contributed by atoms with Gasteiger partial charge in [-0.2, -0.15) is 5.10 Å². The fourth-order valence-corrected chi connectivity index (χ4v) is 3.45. The van der Waals surface area contributed by atoms with E-state index in [2.05, 4.69) is 57.1 Å². The average molecular weight is 297 g/mol. The third-order valence-corrected chi connectivity index (χ3v) is 4.54. The number of hydrogen-bond donors (Lipinski definition) is 2. The first-order valence-electron chi connectivity index (χ1n) is 6.82. The molecule has 0 unspecified atom stereocenters. The molecule has 2 N–H and O–H groups in total. The van der Waals surface area contributed by atoms with E-state index in [0.29, 0.717) is 0 Å². The molecule has 0 fully saturated rings. The zero-order valence-electron chi connectivity index (χ0n) is 11.8. The van der Waals surface area contributed by atoms with Gasteiger partial charge in [0.25, 0.3) is 0 Å². The molecule has 4 aromatic rings. The maximum absolute atomic E-state index is 4.61. The van der Waals surface area contributed by atoms with E-state index >= 15 is 0 Å². The number of nitrogens with zero attached hydrogens (tertiary/aromatic N) is 3. The van der Waals surface area contributed by atoms with Crippen LogP contribution in [0, 0.1) is 13.8 Å². The van der Waals surface area contributed by atoms with Gasteiger partial charge in [0, 0.05) is 22.1 Å². The highest BCUT2D eigenvalue weighted by Crippen LogP contribution is 2.22. The van der Waals surface area contributed by atoms with E-state index in [-0.39, 0.29) is 0 Å². The second-order valence-electron chi connectivity index (χ2n) is 5.16. The normalized spacial score (nSPS) is 11.5. The van der Waals surface area contributed by atoms with Crippen LogP contribution in [0.5, 0.6) is 0 Å². The van der Waals surface area contributed by atoms with Gasteiger partial charge < -0.3 is 5.32 Å². The quantitative estimate of drug-likeness (QED) is 0.608. The Morgan fingerprint density at radius 3 is 3.14 bits per heavy atom. The maximum Gasteiger partial charge on any atom is 0.194 e. The second kappa shape index (κ2) is 4.60. The molecule has 106 valence electrons. The summed E-state index contributed by atoms with van der Waals surface area (Å²) in [6, 6.07) is 6.20. The number of benzene rings is 1. The average Bonchev–Trinajstić information content (AvgIpc) is 3.11. The molecule has 3 aromatic heterocycles. The number of aromatic nitrogens is 4. The van der Waals surface area contributed by atoms with Crippen LogP contribution in [0.3, 0.4) is 0 Å². The highest BCUT2D eigenvalue weighted by molar-refractivity contribution is 7.17. The SMILES string of the molecule is Cc1cn2c(CNc3ccc4[nH]ncc4c3)c(C)nc2s1. The van der Waals surface area contributed by atoms with Crippen LogP contribution < -0.4 is 5.32 Å². The largest absolute Gasteiger partial charge is 0.379 e. The van der Waals surface area contributed by atoms with Crippen LogP contribution in [-0.2, 0) is 6.54 Å². The summed E-state index contributed by atoms with van der Waals surface area (Å²) in [5, 5.41) is 11.6. The Bertz CT molecular complexity index is 930. The number of anilines is 1. The molecule has 4 rings (SSSR count). The van der Waals surface area contributed by atoms with Crippen molar-refractivity contribution in [2.24, 2.45) is 0 Å². The molecule has 0 aliphatic rings. The Labute approximate surface area is 125 Å². The van der Waals surface area contributed by atoms with Crippen molar-refractivity contribution in [3.63, 3.8) is 0 Å². The number of aromatic amines is 1. The Morgan fingerprint density at radius 2 is 2.24 bits per heavy atom. The van der Waals surface area contributed by atoms with Crippen LogP contribution in [0.4, 0.5) is 5.69 Å². The number of imidazole rings is 1. The van der Waals surface area contributed by atoms with Crippen molar-refractivity contribution in [3.05, 3.63) is 46.9 Å². The van der Waals surface area contributed by atoms with Crippen LogP contribution in [-0.4, -0.2) is 19.6 Å². The summed E-state index contributed by atoms with van der Waals surface area (Å²) in [7, 11) is 0. The Kier molecular flexibility index (Phi) is 2.71. The third kappa shape index (κ3) is 2.08. The van der Waals surface area contributed by atoms with E-state index in [4.69, 9.17) is 0 Å². The Morgan fingerprint density at radius 1 is 1.33 bits per heavy atom. The zero-order chi connectivity index (χ0) is 14.4. The molecule has 1 aromatic carbocycles. The smallest absolute Gasteiger partial charge is 0.194 e. The lowest BCUT2D eigenvalue weighted by molar-refractivity contribution is 0.992. The summed E-state index contributed by atoms with van der Waals surface area (Å²) in [5.41, 5.74) is 4.43. The summed E-state index contributed by atoms with van der Waals surface area (Å²) < 4.78 is 2.18. The van der Waals surface area contributed by atoms with E-state index in [9.17, 15) is 0 Å². The number of thiazole rings is 1. The lowest BCUT2D eigenvalue weighted by Crippen LogP contribution is -2.03. The zero-order valence-corrected chi connectivity index (χ0v) is 12.7. The van der Waals surface area contributed by atoms with Crippen LogP contribution >= 0.6 is 11.3 Å². The van der Waals surface area contributed by atoms with E-state index in [0.717, 1.165) is 33.8 Å². The molecule has 0 amide bonds. The van der Waals surface area contributed by atoms with Crippen LogP contribution in [0.2, 0.25) is 0 Å². The minimum Gasteiger partial charge on any atom is -0.379 e. The van der Waals surface area contributed by atoms with Crippen molar-refractivity contribution in [2.75, 3.05) is 5.32 Å². The lowest BCUT2D eigenvalue weighted by Gasteiger charge is -2.06. The summed E-state index contributed by atoms with van der Waals surface area (Å²) in [4.78, 5) is 6.95. The Balaban J connectivity index is 1.63. The summed E-state index contributed by atoms with van der Waals surface area (Å²) >= 11 is 1.72. The first-order chi connectivity index (χ1) is 10.2. The van der Waals surface area contributed by atoms with E-state index in [1.54, 1.807) is 11.3 Å². The molecule has 6 heteroatoms. The van der Waals surface area contributed by atoms with Crippen molar-refractivity contribution in [2.45, 2.75) is 20.4 Å². The van der Waals surface area contributed by atoms with Gasteiger partial charge >= 0.3 is 0 Å². The van der Waals surface area contributed by atoms with Crippen LogP contribution in [0.15, 0.2) is 30.6 Å². The van der Waals surface area contributed by atoms with Gasteiger partial charge in [0.2, 0.25) is 0 Å². The van der Waals surface area contributed by atoms with Gasteiger partial charge in [0.05, 0.1) is 29.6 Å². The molecule has 0 radical (unpaired) electrons. The van der Waals surface area contributed by atoms with Gasteiger partial charge in [-0.3, -0.25) is 9.50 Å². The standard InChI is InChI=1S/C15H15N5S/c1-9-8-20-14(10(2)18-15(20)21-9)7-16-12-3-4-13-11(5-12)6-17-19-13/h3-6,8,16H,7H2,1-2H3,(H,17,19). The highest BCUT2D eigenvalue weighted by atomic mass is 32.1. The summed E-state index contributed by atoms with van der Waals surface area (Å²) in [5.74, 6) is 0. The number of fused-ring (bicyclic) bond motifs is 2. The van der Waals surface area contributed by atoms with Crippen molar-refractivity contribution >= 4 is 32.9 Å². The minimum absolute atomic E-state index is 0.756. The molecular formula is C15H15N5S. The monoisotopic (exact) mass is 297 g/mol. The van der Waals surface area contributed by atoms with Gasteiger partial charge in [-0.15, -0.1) is 11.3 Å². The van der Waals surface area contributed by atoms with E-state index in [1.165, 1.54) is 10.6 Å². The molecule has 0 saturated carbocycles. The number of aryl methyl sites for hydroxylation is 2. The fourth-order valence-electron chi connectivity index (χ4n) is 2.56. The van der Waals surface area contributed by atoms with E-state index in [1.807, 2.05) is 12.3 Å². The fraction of sp³-hybridized carbons (Fsp3) is 0.200. The Hall–Kier alpha value is -2.34. The molecular weight excluding hydrogens is 282 g/mol. The maximum atomic E-state index is 4.61. The minimum atomic E-state index is 0.756. The molecule has 3 heterocycles. The molecule has 0 spiro atoms. The van der Waals surface area contributed by atoms with Gasteiger partial charge in [0.15, 0.2) is 4.96 Å². The van der Waals surface area contributed by atoms with Gasteiger partial charge in [0.1, 0.15) is 0 Å². The molecule has 0 aliphatic carbocycles. The molecule has 5 nitrogen and oxygen atoms in total. The van der Waals surface area contributed by atoms with Crippen LogP contribution in [0.25, 0.3) is 15.9 Å². The van der Waals surface area contributed by atoms with Crippen molar-refractivity contribution in [1.29, 1.82) is 0 Å². The molecule has 0 aliphatic heterocycles. The first kappa shape index (κ1) is 12.4. The number of rotatable bonds is 3. The topological polar surface area (TPSA) is 58.0 Å². The third-order valence-electron chi connectivity index (χ3n) is 3.64. The highest BCUT2D eigenvalue weighted by Gasteiger charge is 2.10. The number of nitrogens with one attached hydrogen (secondary N) is 2. The van der Waals surface area contributed by atoms with Crippen molar-refractivity contribution in [3.8, 4) is 0 Å².